The summed E-state index contributed by atoms with van der Waals surface area (Å²) in [5, 5.41) is 2.40. The molecular formula is C78H67BN4. The van der Waals surface area contributed by atoms with Crippen LogP contribution >= 0.6 is 0 Å². The number of fused-ring (bicyclic) bond motifs is 10. The summed E-state index contributed by atoms with van der Waals surface area (Å²) in [4.78, 5) is 4.76. The largest absolute Gasteiger partial charge is 0.311 e. The summed E-state index contributed by atoms with van der Waals surface area (Å²) in [7, 11) is 0. The van der Waals surface area contributed by atoms with Crippen molar-refractivity contribution in [3.8, 4) is 33.6 Å². The molecule has 0 saturated heterocycles. The maximum absolute atomic E-state index is 9.53. The molecule has 4 heterocycles. The third-order valence-corrected chi connectivity index (χ3v) is 17.4. The molecule has 0 spiro atoms. The maximum Gasteiger partial charge on any atom is 0.252 e. The molecule has 4 nitrogen and oxygen atoms in total. The van der Waals surface area contributed by atoms with Gasteiger partial charge in [-0.25, -0.2) is 0 Å². The number of hydrogen-bond donors (Lipinski definition) is 0. The average molecular weight is 1080 g/mol. The number of nitrogens with zero attached hydrogens (tertiary/aromatic N) is 4. The van der Waals surface area contributed by atoms with Gasteiger partial charge in [0.2, 0.25) is 0 Å². The molecule has 83 heavy (non-hydrogen) atoms. The van der Waals surface area contributed by atoms with Gasteiger partial charge in [-0.15, -0.1) is 0 Å². The van der Waals surface area contributed by atoms with Gasteiger partial charge >= 0.3 is 0 Å². The van der Waals surface area contributed by atoms with Crippen molar-refractivity contribution in [3.63, 3.8) is 0 Å². The van der Waals surface area contributed by atoms with E-state index in [2.05, 4.69) is 259 Å². The van der Waals surface area contributed by atoms with Gasteiger partial charge < -0.3 is 18.9 Å². The van der Waals surface area contributed by atoms with Crippen LogP contribution in [0.2, 0.25) is 0 Å². The average Bonchev–Trinajstić information content (AvgIpc) is 1.60. The second-order valence-electron chi connectivity index (χ2n) is 25.6. The highest BCUT2D eigenvalue weighted by Crippen LogP contribution is 2.48. The molecule has 0 radical (unpaired) electrons. The zero-order valence-electron chi connectivity index (χ0n) is 56.3. The smallest absolute Gasteiger partial charge is 0.252 e. The molecule has 0 bridgehead atoms. The van der Waals surface area contributed by atoms with Crippen molar-refractivity contribution in [1.82, 2.24) is 9.13 Å². The van der Waals surface area contributed by atoms with Crippen molar-refractivity contribution in [3.05, 3.63) is 259 Å². The number of aromatic nitrogens is 2. The van der Waals surface area contributed by atoms with E-state index < -0.39 is 24.2 Å². The molecule has 0 aliphatic carbocycles. The first kappa shape index (κ1) is 42.5. The minimum absolute atomic E-state index is 0.0306. The number of hydrogen-bond acceptors (Lipinski definition) is 2. The molecule has 0 fully saturated rings. The summed E-state index contributed by atoms with van der Waals surface area (Å²) in [6.45, 7) is 20.0. The van der Waals surface area contributed by atoms with Crippen LogP contribution in [0.5, 0.6) is 0 Å². The van der Waals surface area contributed by atoms with E-state index in [1.54, 1.807) is 4.57 Å². The highest BCUT2D eigenvalue weighted by atomic mass is 15.2. The summed E-state index contributed by atoms with van der Waals surface area (Å²) in [6, 6.07) is 66.8. The summed E-state index contributed by atoms with van der Waals surface area (Å²) < 4.78 is 77.3. The standard InChI is InChI=1S/C78H67BN4/c1-76(2,3)53-37-33-51(34-38-53)59-21-10-15-26-66(59)83-72-32-20-31-71-75(72)79(65-44-42-58(49-74(65)83)82-69-29-18-13-24-62(69)63-25-14-19-30-70(63)82)64-43-41-57(81-67-27-16-11-22-60(67)61-23-12-17-28-68(61)81)48-73(64)80(71)56-39-35-50(36-40-56)52-45-54(77(4,5)6)47-55(46-52)78(7,8)9/h10-49H,1-9H3/i13D,14D,18D,19D,24D,25D,29D,30D. The fourth-order valence-corrected chi connectivity index (χ4v) is 13.1. The Morgan fingerprint density at radius 1 is 0.325 bits per heavy atom. The lowest BCUT2D eigenvalue weighted by atomic mass is 9.33. The Morgan fingerprint density at radius 2 is 0.783 bits per heavy atom. The summed E-state index contributed by atoms with van der Waals surface area (Å²) in [5.41, 5.74) is 20.5. The highest BCUT2D eigenvalue weighted by molar-refractivity contribution is 7.00. The normalized spacial score (nSPS) is 14.6. The highest BCUT2D eigenvalue weighted by Gasteiger charge is 2.44. The molecule has 5 heteroatoms. The van der Waals surface area contributed by atoms with Gasteiger partial charge in [-0.05, 0) is 145 Å². The van der Waals surface area contributed by atoms with E-state index >= 15 is 0 Å². The lowest BCUT2D eigenvalue weighted by Gasteiger charge is -2.44. The van der Waals surface area contributed by atoms with Gasteiger partial charge in [0.05, 0.1) is 38.7 Å². The van der Waals surface area contributed by atoms with Crippen molar-refractivity contribution in [2.75, 3.05) is 9.80 Å². The first-order valence-electron chi connectivity index (χ1n) is 32.9. The second kappa shape index (κ2) is 18.6. The van der Waals surface area contributed by atoms with Crippen LogP contribution in [0, 0.1) is 0 Å². The van der Waals surface area contributed by atoms with Crippen LogP contribution in [0.15, 0.2) is 242 Å². The Hall–Kier alpha value is -9.32. The molecule has 0 saturated carbocycles. The molecule has 0 atom stereocenters. The van der Waals surface area contributed by atoms with E-state index in [-0.39, 0.29) is 68.9 Å². The molecule has 0 amide bonds. The SMILES string of the molecule is [2H]c1c([2H])c([2H])c2c(c1[2H])c1c([2H])c([2H])c([2H])c([2H])c1n2-c1ccc2c(c1)N(c1ccccc1-c1ccc(C(C)(C)C)cc1)c1cccc3c1B2c1ccc(-n2c4ccccc4c4ccccc42)cc1N3c1ccc(-c2cc(C(C)(C)C)cc(C(C)(C)C)c2)cc1. The number of rotatable bonds is 6. The Balaban J connectivity index is 1.02. The van der Waals surface area contributed by atoms with Gasteiger partial charge in [0, 0.05) is 66.9 Å². The first-order chi connectivity index (χ1) is 43.4. The van der Waals surface area contributed by atoms with Crippen LogP contribution in [0.1, 0.15) is 90.0 Å². The zero-order valence-corrected chi connectivity index (χ0v) is 48.3. The maximum atomic E-state index is 9.53. The van der Waals surface area contributed by atoms with E-state index in [1.807, 2.05) is 12.1 Å². The fourth-order valence-electron chi connectivity index (χ4n) is 13.1. The van der Waals surface area contributed by atoms with E-state index in [4.69, 9.17) is 5.48 Å². The molecule has 402 valence electrons. The van der Waals surface area contributed by atoms with Crippen LogP contribution in [-0.4, -0.2) is 15.8 Å². The topological polar surface area (TPSA) is 16.3 Å². The molecule has 15 rings (SSSR count). The van der Waals surface area contributed by atoms with Gasteiger partial charge in [0.25, 0.3) is 6.71 Å². The van der Waals surface area contributed by atoms with Crippen LogP contribution in [-0.2, 0) is 16.2 Å². The van der Waals surface area contributed by atoms with Crippen LogP contribution in [0.25, 0.3) is 77.2 Å². The summed E-state index contributed by atoms with van der Waals surface area (Å²) in [5.74, 6) is 0. The first-order valence-corrected chi connectivity index (χ1v) is 28.9. The minimum atomic E-state index is -0.483. The predicted molar refractivity (Wildman–Crippen MR) is 356 cm³/mol. The van der Waals surface area contributed by atoms with Gasteiger partial charge in [-0.1, -0.05) is 226 Å². The van der Waals surface area contributed by atoms with Crippen molar-refractivity contribution in [2.45, 2.75) is 78.6 Å². The van der Waals surface area contributed by atoms with E-state index in [0.29, 0.717) is 5.69 Å². The van der Waals surface area contributed by atoms with Gasteiger partial charge in [-0.3, -0.25) is 0 Å². The van der Waals surface area contributed by atoms with Crippen molar-refractivity contribution in [1.29, 1.82) is 0 Å². The Kier molecular flexibility index (Phi) is 9.53. The predicted octanol–water partition coefficient (Wildman–Crippen LogP) is 19.2. The molecule has 2 aliphatic rings. The van der Waals surface area contributed by atoms with Crippen LogP contribution in [0.3, 0.4) is 0 Å². The third-order valence-electron chi connectivity index (χ3n) is 17.4. The minimum Gasteiger partial charge on any atom is -0.311 e. The number of anilines is 6. The fraction of sp³-hybridized carbons (Fsp3) is 0.154. The summed E-state index contributed by atoms with van der Waals surface area (Å²) >= 11 is 0. The number of para-hydroxylation sites is 5. The van der Waals surface area contributed by atoms with Crippen LogP contribution in [0.4, 0.5) is 34.1 Å². The number of benzene rings is 11. The van der Waals surface area contributed by atoms with Gasteiger partial charge in [-0.2, -0.15) is 0 Å². The molecule has 2 aliphatic heterocycles. The van der Waals surface area contributed by atoms with Crippen LogP contribution < -0.4 is 26.2 Å². The zero-order chi connectivity index (χ0) is 63.6. The Labute approximate surface area is 499 Å². The van der Waals surface area contributed by atoms with Crippen molar-refractivity contribution < 1.29 is 11.0 Å². The van der Waals surface area contributed by atoms with Crippen molar-refractivity contribution >= 4 is 101 Å². The lowest BCUT2D eigenvalue weighted by Crippen LogP contribution is -2.61. The second-order valence-corrected chi connectivity index (χ2v) is 25.6. The van der Waals surface area contributed by atoms with Gasteiger partial charge in [0.1, 0.15) is 0 Å². The van der Waals surface area contributed by atoms with E-state index in [0.717, 1.165) is 83.9 Å². The molecule has 2 aromatic heterocycles. The lowest BCUT2D eigenvalue weighted by molar-refractivity contribution is 0.569. The van der Waals surface area contributed by atoms with E-state index in [1.165, 1.54) is 33.0 Å². The molecular weight excluding hydrogens is 1000 g/mol. The molecule has 11 aromatic carbocycles. The Bertz CT molecular complexity index is 5080. The third kappa shape index (κ3) is 8.10. The van der Waals surface area contributed by atoms with Crippen molar-refractivity contribution in [2.24, 2.45) is 0 Å². The summed E-state index contributed by atoms with van der Waals surface area (Å²) in [6.07, 6.45) is 0. The van der Waals surface area contributed by atoms with Gasteiger partial charge in [0.15, 0.2) is 0 Å². The monoisotopic (exact) mass is 1080 g/mol. The molecule has 0 unspecified atom stereocenters. The van der Waals surface area contributed by atoms with E-state index in [9.17, 15) is 5.48 Å². The Morgan fingerprint density at radius 3 is 1.35 bits per heavy atom. The molecule has 13 aromatic rings. The molecule has 0 N–H and O–H groups in total. The quantitative estimate of drug-likeness (QED) is 0.154.